The third-order valence-electron chi connectivity index (χ3n) is 8.16. The van der Waals surface area contributed by atoms with Gasteiger partial charge in [-0.2, -0.15) is 0 Å². The zero-order chi connectivity index (χ0) is 42.1. The summed E-state index contributed by atoms with van der Waals surface area (Å²) in [5, 5.41) is 32.9. The summed E-state index contributed by atoms with van der Waals surface area (Å²) in [4.78, 5) is 59.1. The molecule has 1 aliphatic heterocycles. The van der Waals surface area contributed by atoms with E-state index >= 15 is 0 Å². The van der Waals surface area contributed by atoms with Crippen molar-refractivity contribution in [3.05, 3.63) is 57.2 Å². The number of amides is 3. The van der Waals surface area contributed by atoms with Crippen molar-refractivity contribution < 1.29 is 72.2 Å². The number of imide groups is 1. The first kappa shape index (κ1) is 50.1. The van der Waals surface area contributed by atoms with Gasteiger partial charge < -0.3 is 53.4 Å². The number of carbonyl (C=O) groups is 4. The van der Waals surface area contributed by atoms with Gasteiger partial charge in [-0.1, -0.05) is 0 Å². The molecular formula is C39H59N3O16. The maximum absolute atomic E-state index is 12.2. The number of hydrogen-bond donors (Lipinski definition) is 3. The first-order chi connectivity index (χ1) is 28.3. The van der Waals surface area contributed by atoms with E-state index in [-0.39, 0.29) is 66.3 Å². The quantitative estimate of drug-likeness (QED) is 0.0280. The minimum absolute atomic E-state index is 0.125. The van der Waals surface area contributed by atoms with Gasteiger partial charge in [0.05, 0.1) is 123 Å². The van der Waals surface area contributed by atoms with Gasteiger partial charge in [0.25, 0.3) is 17.5 Å². The molecule has 0 aliphatic carbocycles. The van der Waals surface area contributed by atoms with E-state index in [0.29, 0.717) is 124 Å². The highest BCUT2D eigenvalue weighted by Crippen LogP contribution is 2.25. The van der Waals surface area contributed by atoms with Crippen LogP contribution in [0.15, 0.2) is 30.4 Å². The molecule has 1 aromatic rings. The molecule has 1 aliphatic rings. The number of benzene rings is 1. The molecule has 2 rings (SSSR count). The fraction of sp³-hybridized carbons (Fsp3) is 0.641. The average Bonchev–Trinajstić information content (AvgIpc) is 3.54. The number of nitrogens with zero attached hydrogens (tertiary/aromatic N) is 2. The second-order valence-corrected chi connectivity index (χ2v) is 12.5. The van der Waals surface area contributed by atoms with Crippen molar-refractivity contribution in [2.75, 3.05) is 119 Å². The van der Waals surface area contributed by atoms with E-state index in [9.17, 15) is 39.5 Å². The second-order valence-electron chi connectivity index (χ2n) is 12.5. The number of aliphatic hydroxyl groups is 2. The monoisotopic (exact) mass is 825 g/mol. The SMILES string of the molecule is O=C(/C=C/c1cc(CO)c(CO)cc1[N+](=O)[O-])CCCNC(=O)CCOCCOCCOCCOCCOCCOCCOCCOCCCCN1C(=O)C=CC1=O. The van der Waals surface area contributed by atoms with E-state index < -0.39 is 18.1 Å². The lowest BCUT2D eigenvalue weighted by molar-refractivity contribution is -0.385. The number of unbranched alkanes of at least 4 members (excludes halogenated alkanes) is 1. The standard InChI is InChI=1S/C39H59N3O16/c43-30-33-28-32(36(42(49)50)29-34(33)31-44)5-6-35(45)4-3-10-40-37(46)9-13-52-15-17-54-19-21-56-23-25-58-27-26-57-24-22-55-20-18-53-16-14-51-12-2-1-11-41-38(47)7-8-39(41)48/h5-8,28-29,43-44H,1-4,9-27,30-31H2,(H,40,46)/b6-5+. The summed E-state index contributed by atoms with van der Waals surface area (Å²) >= 11 is 0. The summed E-state index contributed by atoms with van der Waals surface area (Å²) in [7, 11) is 0. The molecule has 1 heterocycles. The molecule has 3 N–H and O–H groups in total. The summed E-state index contributed by atoms with van der Waals surface area (Å²) in [5.41, 5.74) is 0.433. The van der Waals surface area contributed by atoms with E-state index in [2.05, 4.69) is 5.32 Å². The van der Waals surface area contributed by atoms with Gasteiger partial charge >= 0.3 is 0 Å². The molecule has 19 nitrogen and oxygen atoms in total. The minimum atomic E-state index is -0.619. The Morgan fingerprint density at radius 3 is 1.55 bits per heavy atom. The number of hydrogen-bond acceptors (Lipinski definition) is 16. The van der Waals surface area contributed by atoms with Crippen LogP contribution in [0.3, 0.4) is 0 Å². The Hall–Kier alpha value is -4.02. The highest BCUT2D eigenvalue weighted by atomic mass is 16.6. The van der Waals surface area contributed by atoms with Gasteiger partial charge in [-0.15, -0.1) is 0 Å². The molecule has 0 saturated carbocycles. The van der Waals surface area contributed by atoms with Crippen LogP contribution in [0.2, 0.25) is 0 Å². The van der Waals surface area contributed by atoms with Gasteiger partial charge in [-0.3, -0.25) is 34.2 Å². The van der Waals surface area contributed by atoms with Crippen LogP contribution in [0.25, 0.3) is 6.08 Å². The Bertz CT molecular complexity index is 1410. The van der Waals surface area contributed by atoms with Crippen molar-refractivity contribution in [2.45, 2.75) is 45.3 Å². The molecule has 0 radical (unpaired) electrons. The van der Waals surface area contributed by atoms with Gasteiger partial charge in [0.15, 0.2) is 5.78 Å². The molecule has 1 aromatic carbocycles. The number of rotatable bonds is 38. The molecule has 0 unspecified atom stereocenters. The van der Waals surface area contributed by atoms with Crippen LogP contribution in [0.4, 0.5) is 5.69 Å². The van der Waals surface area contributed by atoms with Crippen LogP contribution >= 0.6 is 0 Å². The lowest BCUT2D eigenvalue weighted by Gasteiger charge is -2.13. The Morgan fingerprint density at radius 1 is 0.638 bits per heavy atom. The lowest BCUT2D eigenvalue weighted by atomic mass is 10.0. The fourth-order valence-corrected chi connectivity index (χ4v) is 5.06. The van der Waals surface area contributed by atoms with Gasteiger partial charge in [-0.25, -0.2) is 0 Å². The van der Waals surface area contributed by atoms with Crippen LogP contribution in [0, 0.1) is 10.1 Å². The van der Waals surface area contributed by atoms with Gasteiger partial charge in [0, 0.05) is 50.8 Å². The number of ether oxygens (including phenoxy) is 8. The van der Waals surface area contributed by atoms with Gasteiger partial charge in [-0.05, 0) is 48.6 Å². The maximum atomic E-state index is 12.2. The normalized spacial score (nSPS) is 12.7. The van der Waals surface area contributed by atoms with Crippen LogP contribution in [0.5, 0.6) is 0 Å². The molecule has 19 heteroatoms. The summed E-state index contributed by atoms with van der Waals surface area (Å²) in [6, 6.07) is 2.55. The number of aliphatic hydroxyl groups excluding tert-OH is 2. The van der Waals surface area contributed by atoms with E-state index in [1.54, 1.807) is 0 Å². The number of ketones is 1. The zero-order valence-electron chi connectivity index (χ0n) is 33.1. The first-order valence-corrected chi connectivity index (χ1v) is 19.4. The molecule has 0 aromatic heterocycles. The van der Waals surface area contributed by atoms with Crippen molar-refractivity contribution in [1.29, 1.82) is 0 Å². The smallest absolute Gasteiger partial charge is 0.276 e. The predicted octanol–water partition coefficient (Wildman–Crippen LogP) is 1.29. The molecule has 3 amide bonds. The molecule has 0 bridgehead atoms. The molecule has 0 fully saturated rings. The topological polar surface area (TPSA) is 241 Å². The summed E-state index contributed by atoms with van der Waals surface area (Å²) in [5.74, 6) is -1.01. The first-order valence-electron chi connectivity index (χ1n) is 19.4. The molecule has 0 saturated heterocycles. The van der Waals surface area contributed by atoms with Gasteiger partial charge in [0.2, 0.25) is 5.91 Å². The van der Waals surface area contributed by atoms with E-state index in [1.165, 1.54) is 41.3 Å². The molecule has 0 atom stereocenters. The van der Waals surface area contributed by atoms with Crippen molar-refractivity contribution in [3.8, 4) is 0 Å². The van der Waals surface area contributed by atoms with E-state index in [4.69, 9.17) is 37.9 Å². The van der Waals surface area contributed by atoms with E-state index in [0.717, 1.165) is 6.42 Å². The molecule has 326 valence electrons. The number of carbonyl (C=O) groups excluding carboxylic acids is 4. The summed E-state index contributed by atoms with van der Waals surface area (Å²) in [6.45, 7) is 6.51. The summed E-state index contributed by atoms with van der Waals surface area (Å²) < 4.78 is 43.6. The number of nitro benzene ring substituents is 1. The Balaban J connectivity index is 1.26. The minimum Gasteiger partial charge on any atom is -0.392 e. The van der Waals surface area contributed by atoms with Gasteiger partial charge in [0.1, 0.15) is 0 Å². The zero-order valence-corrected chi connectivity index (χ0v) is 33.1. The highest BCUT2D eigenvalue weighted by molar-refractivity contribution is 6.12. The van der Waals surface area contributed by atoms with Crippen LogP contribution in [-0.4, -0.2) is 162 Å². The maximum Gasteiger partial charge on any atom is 0.276 e. The van der Waals surface area contributed by atoms with Crippen LogP contribution < -0.4 is 5.32 Å². The Kier molecular flexibility index (Phi) is 28.4. The van der Waals surface area contributed by atoms with E-state index in [1.807, 2.05) is 0 Å². The largest absolute Gasteiger partial charge is 0.392 e. The molecular weight excluding hydrogens is 766 g/mol. The average molecular weight is 826 g/mol. The predicted molar refractivity (Wildman–Crippen MR) is 207 cm³/mol. The fourth-order valence-electron chi connectivity index (χ4n) is 5.06. The lowest BCUT2D eigenvalue weighted by Crippen LogP contribution is -2.31. The molecule has 0 spiro atoms. The third-order valence-corrected chi connectivity index (χ3v) is 8.16. The third kappa shape index (κ3) is 23.4. The van der Waals surface area contributed by atoms with Crippen molar-refractivity contribution in [3.63, 3.8) is 0 Å². The second kappa shape index (κ2) is 32.9. The molecule has 58 heavy (non-hydrogen) atoms. The number of nitro groups is 1. The number of allylic oxidation sites excluding steroid dienone is 1. The Labute approximate surface area is 338 Å². The highest BCUT2D eigenvalue weighted by Gasteiger charge is 2.22. The van der Waals surface area contributed by atoms with Crippen LogP contribution in [-0.2, 0) is 70.3 Å². The van der Waals surface area contributed by atoms with Crippen molar-refractivity contribution >= 4 is 35.3 Å². The van der Waals surface area contributed by atoms with Crippen molar-refractivity contribution in [1.82, 2.24) is 10.2 Å². The van der Waals surface area contributed by atoms with Crippen LogP contribution in [0.1, 0.15) is 48.8 Å². The Morgan fingerprint density at radius 2 is 1.09 bits per heavy atom. The summed E-state index contributed by atoms with van der Waals surface area (Å²) in [6.07, 6.45) is 7.21. The number of nitrogens with one attached hydrogen (secondary N) is 1. The van der Waals surface area contributed by atoms with Crippen molar-refractivity contribution in [2.24, 2.45) is 0 Å².